The Morgan fingerprint density at radius 3 is 2.81 bits per heavy atom. The average Bonchev–Trinajstić information content (AvgIpc) is 2.74. The molecular formula is C25H27ClN2O2S. The molecule has 1 heterocycles. The summed E-state index contributed by atoms with van der Waals surface area (Å²) in [7, 11) is 0. The molecule has 1 fully saturated rings. The maximum Gasteiger partial charge on any atom is 0.265 e. The third-order valence-electron chi connectivity index (χ3n) is 6.33. The second-order valence-electron chi connectivity index (χ2n) is 8.47. The number of hydrogen-bond acceptors (Lipinski definition) is 3. The molecule has 2 aromatic carbocycles. The molecule has 4 nitrogen and oxygen atoms in total. The lowest BCUT2D eigenvalue weighted by atomic mass is 9.78. The standard InChI is InChI=1S/C25H27ClN2O2S/c1-16-7-5-10-20(17(16)2)27-24(29)15-28-21-11-3-4-12-22(21)31-23(25(28)30)14-18-8-6-9-19(26)13-18/h3-4,6,8-9,11-14,16-17,20H,5,7,10,15H2,1-2H3,(H,27,29)/b23-14+/t16-,17+,20+/m1/s1. The summed E-state index contributed by atoms with van der Waals surface area (Å²) in [6.45, 7) is 4.47. The third-order valence-corrected chi connectivity index (χ3v) is 7.65. The molecule has 4 rings (SSSR count). The molecule has 6 heteroatoms. The molecule has 2 aliphatic rings. The van der Waals surface area contributed by atoms with Gasteiger partial charge in [0.05, 0.1) is 10.6 Å². The monoisotopic (exact) mass is 454 g/mol. The van der Waals surface area contributed by atoms with Crippen LogP contribution in [0.25, 0.3) is 6.08 Å². The van der Waals surface area contributed by atoms with Gasteiger partial charge >= 0.3 is 0 Å². The summed E-state index contributed by atoms with van der Waals surface area (Å²) >= 11 is 7.54. The highest BCUT2D eigenvalue weighted by Gasteiger charge is 2.32. The number of hydrogen-bond donors (Lipinski definition) is 1. The Labute approximate surface area is 193 Å². The fourth-order valence-corrected chi connectivity index (χ4v) is 5.61. The summed E-state index contributed by atoms with van der Waals surface area (Å²) in [5.41, 5.74) is 1.64. The topological polar surface area (TPSA) is 49.4 Å². The maximum absolute atomic E-state index is 13.3. The van der Waals surface area contributed by atoms with Gasteiger partial charge in [0.25, 0.3) is 5.91 Å². The van der Waals surface area contributed by atoms with Crippen molar-refractivity contribution in [1.82, 2.24) is 5.32 Å². The summed E-state index contributed by atoms with van der Waals surface area (Å²) in [4.78, 5) is 29.4. The Morgan fingerprint density at radius 2 is 2.00 bits per heavy atom. The molecule has 1 N–H and O–H groups in total. The summed E-state index contributed by atoms with van der Waals surface area (Å²) in [6.07, 6.45) is 5.17. The average molecular weight is 455 g/mol. The van der Waals surface area contributed by atoms with Crippen LogP contribution in [0.2, 0.25) is 5.02 Å². The summed E-state index contributed by atoms with van der Waals surface area (Å²) in [5.74, 6) is 0.767. The number of thioether (sulfide) groups is 1. The van der Waals surface area contributed by atoms with E-state index in [2.05, 4.69) is 19.2 Å². The van der Waals surface area contributed by atoms with Gasteiger partial charge in [-0.3, -0.25) is 14.5 Å². The van der Waals surface area contributed by atoms with Crippen molar-refractivity contribution in [3.63, 3.8) is 0 Å². The Hall–Kier alpha value is -2.24. The van der Waals surface area contributed by atoms with Crippen LogP contribution in [0.1, 0.15) is 38.7 Å². The number of carbonyl (C=O) groups is 2. The zero-order valence-corrected chi connectivity index (χ0v) is 19.4. The molecule has 2 amide bonds. The largest absolute Gasteiger partial charge is 0.352 e. The van der Waals surface area contributed by atoms with E-state index >= 15 is 0 Å². The van der Waals surface area contributed by atoms with Crippen molar-refractivity contribution in [1.29, 1.82) is 0 Å². The van der Waals surface area contributed by atoms with E-state index in [1.807, 2.05) is 48.5 Å². The highest BCUT2D eigenvalue weighted by molar-refractivity contribution is 8.04. The smallest absolute Gasteiger partial charge is 0.265 e. The second kappa shape index (κ2) is 9.49. The van der Waals surface area contributed by atoms with E-state index < -0.39 is 0 Å². The van der Waals surface area contributed by atoms with Crippen LogP contribution in [0.5, 0.6) is 0 Å². The van der Waals surface area contributed by atoms with Gasteiger partial charge in [-0.15, -0.1) is 0 Å². The number of anilines is 1. The number of nitrogens with zero attached hydrogens (tertiary/aromatic N) is 1. The number of para-hydroxylation sites is 1. The van der Waals surface area contributed by atoms with Crippen LogP contribution < -0.4 is 10.2 Å². The zero-order valence-electron chi connectivity index (χ0n) is 17.8. The number of nitrogens with one attached hydrogen (secondary N) is 1. The van der Waals surface area contributed by atoms with Crippen molar-refractivity contribution in [2.24, 2.45) is 11.8 Å². The molecule has 3 atom stereocenters. The van der Waals surface area contributed by atoms with Crippen molar-refractivity contribution >= 4 is 46.9 Å². The van der Waals surface area contributed by atoms with Crippen molar-refractivity contribution < 1.29 is 9.59 Å². The molecule has 31 heavy (non-hydrogen) atoms. The zero-order chi connectivity index (χ0) is 22.0. The Balaban J connectivity index is 1.57. The molecule has 0 unspecified atom stereocenters. The van der Waals surface area contributed by atoms with E-state index in [0.29, 0.717) is 21.8 Å². The van der Waals surface area contributed by atoms with Gasteiger partial charge in [0.1, 0.15) is 6.54 Å². The van der Waals surface area contributed by atoms with E-state index in [9.17, 15) is 9.59 Å². The molecular weight excluding hydrogens is 428 g/mol. The molecule has 0 saturated heterocycles. The number of benzene rings is 2. The predicted octanol–water partition coefficient (Wildman–Crippen LogP) is 5.76. The van der Waals surface area contributed by atoms with Gasteiger partial charge in [-0.05, 0) is 54.2 Å². The molecule has 162 valence electrons. The first-order valence-electron chi connectivity index (χ1n) is 10.8. The second-order valence-corrected chi connectivity index (χ2v) is 9.99. The third kappa shape index (κ3) is 4.99. The lowest BCUT2D eigenvalue weighted by Gasteiger charge is -2.35. The quantitative estimate of drug-likeness (QED) is 0.597. The lowest BCUT2D eigenvalue weighted by Crippen LogP contribution is -2.49. The van der Waals surface area contributed by atoms with Crippen LogP contribution in [0.3, 0.4) is 0 Å². The highest BCUT2D eigenvalue weighted by atomic mass is 35.5. The van der Waals surface area contributed by atoms with Crippen LogP contribution in [0.4, 0.5) is 5.69 Å². The van der Waals surface area contributed by atoms with Gasteiger partial charge < -0.3 is 5.32 Å². The highest BCUT2D eigenvalue weighted by Crippen LogP contribution is 2.42. The predicted molar refractivity (Wildman–Crippen MR) is 128 cm³/mol. The molecule has 0 radical (unpaired) electrons. The van der Waals surface area contributed by atoms with Gasteiger partial charge in [0.15, 0.2) is 0 Å². The van der Waals surface area contributed by atoms with Crippen LogP contribution in [0.15, 0.2) is 58.3 Å². The normalized spacial score (nSPS) is 24.7. The van der Waals surface area contributed by atoms with E-state index in [0.717, 1.165) is 29.0 Å². The van der Waals surface area contributed by atoms with Crippen molar-refractivity contribution in [3.8, 4) is 0 Å². The number of carbonyl (C=O) groups excluding carboxylic acids is 2. The number of fused-ring (bicyclic) bond motifs is 1. The van der Waals surface area contributed by atoms with Crippen molar-refractivity contribution in [2.75, 3.05) is 11.4 Å². The minimum atomic E-state index is -0.163. The van der Waals surface area contributed by atoms with Gasteiger partial charge in [-0.25, -0.2) is 0 Å². The Morgan fingerprint density at radius 1 is 1.19 bits per heavy atom. The molecule has 0 bridgehead atoms. The van der Waals surface area contributed by atoms with Gasteiger partial charge in [0, 0.05) is 16.0 Å². The van der Waals surface area contributed by atoms with Gasteiger partial charge in [-0.1, -0.05) is 74.3 Å². The minimum absolute atomic E-state index is 0.0148. The summed E-state index contributed by atoms with van der Waals surface area (Å²) in [6, 6.07) is 15.3. The summed E-state index contributed by atoms with van der Waals surface area (Å²) in [5, 5.41) is 3.81. The van der Waals surface area contributed by atoms with E-state index in [4.69, 9.17) is 11.6 Å². The fraction of sp³-hybridized carbons (Fsp3) is 0.360. The van der Waals surface area contributed by atoms with Crippen LogP contribution in [-0.4, -0.2) is 24.4 Å². The molecule has 1 aliphatic heterocycles. The molecule has 2 aromatic rings. The first kappa shape index (κ1) is 22.0. The maximum atomic E-state index is 13.3. The SMILES string of the molecule is C[C@H]1[C@H](C)CCC[C@@H]1NC(=O)CN1C(=O)/C(=C\c2cccc(Cl)c2)Sc2ccccc21. The fourth-order valence-electron chi connectivity index (χ4n) is 4.35. The number of rotatable bonds is 4. The van der Waals surface area contributed by atoms with E-state index in [1.165, 1.54) is 18.2 Å². The molecule has 1 saturated carbocycles. The molecule has 1 aliphatic carbocycles. The molecule has 0 spiro atoms. The molecule has 0 aromatic heterocycles. The summed E-state index contributed by atoms with van der Waals surface area (Å²) < 4.78 is 0. The number of amides is 2. The van der Waals surface area contributed by atoms with Crippen molar-refractivity contribution in [3.05, 3.63) is 64.0 Å². The Bertz CT molecular complexity index is 1020. The van der Waals surface area contributed by atoms with Crippen LogP contribution in [-0.2, 0) is 9.59 Å². The van der Waals surface area contributed by atoms with Crippen molar-refractivity contribution in [2.45, 2.75) is 44.0 Å². The number of halogens is 1. The van der Waals surface area contributed by atoms with Crippen LogP contribution >= 0.6 is 23.4 Å². The van der Waals surface area contributed by atoms with Gasteiger partial charge in [-0.2, -0.15) is 0 Å². The van der Waals surface area contributed by atoms with Gasteiger partial charge in [0.2, 0.25) is 5.91 Å². The van der Waals surface area contributed by atoms with E-state index in [1.54, 1.807) is 11.0 Å². The Kier molecular flexibility index (Phi) is 6.73. The minimum Gasteiger partial charge on any atom is -0.352 e. The van der Waals surface area contributed by atoms with E-state index in [-0.39, 0.29) is 24.4 Å². The lowest BCUT2D eigenvalue weighted by molar-refractivity contribution is -0.123. The first-order chi connectivity index (χ1) is 14.9. The first-order valence-corrected chi connectivity index (χ1v) is 12.0. The van der Waals surface area contributed by atoms with Crippen LogP contribution in [0, 0.1) is 11.8 Å².